The molecule has 0 fully saturated rings. The smallest absolute Gasteiger partial charge is 0.244 e. The molecule has 0 unspecified atom stereocenters. The van der Waals surface area contributed by atoms with E-state index in [0.717, 1.165) is 16.5 Å². The predicted molar refractivity (Wildman–Crippen MR) is 90.6 cm³/mol. The van der Waals surface area contributed by atoms with Crippen molar-refractivity contribution in [3.05, 3.63) is 34.3 Å². The van der Waals surface area contributed by atoms with Crippen molar-refractivity contribution >= 4 is 33.8 Å². The molecule has 0 saturated heterocycles. The molecule has 2 amide bonds. The first-order valence-corrected chi connectivity index (χ1v) is 7.87. The van der Waals surface area contributed by atoms with Gasteiger partial charge in [-0.15, -0.1) is 0 Å². The number of halogens is 1. The van der Waals surface area contributed by atoms with Gasteiger partial charge in [-0.1, -0.05) is 22.9 Å². The summed E-state index contributed by atoms with van der Waals surface area (Å²) in [6, 6.07) is 4.94. The lowest BCUT2D eigenvalue weighted by atomic mass is 10.2. The number of amides is 2. The number of rotatable bonds is 7. The quantitative estimate of drug-likeness (QED) is 0.726. The van der Waals surface area contributed by atoms with Crippen LogP contribution in [0.15, 0.2) is 28.7 Å². The van der Waals surface area contributed by atoms with Gasteiger partial charge in [0.05, 0.1) is 7.11 Å². The van der Waals surface area contributed by atoms with E-state index in [2.05, 4.69) is 26.6 Å². The number of hydrogen-bond donors (Lipinski definition) is 2. The maximum atomic E-state index is 11.9. The zero-order valence-corrected chi connectivity index (χ0v) is 14.6. The molecular formula is C16H21BrN2O3. The minimum Gasteiger partial charge on any atom is -0.496 e. The van der Waals surface area contributed by atoms with Gasteiger partial charge in [-0.3, -0.25) is 9.59 Å². The van der Waals surface area contributed by atoms with Crippen molar-refractivity contribution in [2.45, 2.75) is 26.3 Å². The summed E-state index contributed by atoms with van der Waals surface area (Å²) < 4.78 is 6.12. The van der Waals surface area contributed by atoms with Crippen LogP contribution in [0.2, 0.25) is 0 Å². The second kappa shape index (κ2) is 9.25. The molecule has 1 rings (SSSR count). The third kappa shape index (κ3) is 5.89. The van der Waals surface area contributed by atoms with Gasteiger partial charge in [0.25, 0.3) is 0 Å². The summed E-state index contributed by atoms with van der Waals surface area (Å²) in [5.41, 5.74) is 0.773. The number of ether oxygens (including phenoxy) is 1. The monoisotopic (exact) mass is 368 g/mol. The summed E-state index contributed by atoms with van der Waals surface area (Å²) in [6.07, 6.45) is 3.89. The molecule has 0 radical (unpaired) electrons. The molecule has 6 heteroatoms. The average molecular weight is 369 g/mol. The van der Waals surface area contributed by atoms with Gasteiger partial charge in [-0.05, 0) is 37.6 Å². The number of methoxy groups -OCH3 is 1. The number of nitrogens with one attached hydrogen (secondary N) is 2. The Hall–Kier alpha value is -1.82. The second-order valence-electron chi connectivity index (χ2n) is 4.74. The number of carbonyl (C=O) groups excluding carboxylic acids is 2. The lowest BCUT2D eigenvalue weighted by Crippen LogP contribution is -2.44. The van der Waals surface area contributed by atoms with Crippen LogP contribution in [0.5, 0.6) is 5.75 Å². The molecule has 1 aromatic rings. The molecule has 0 heterocycles. The van der Waals surface area contributed by atoms with Crippen molar-refractivity contribution in [1.82, 2.24) is 10.6 Å². The van der Waals surface area contributed by atoms with E-state index in [-0.39, 0.29) is 11.8 Å². The van der Waals surface area contributed by atoms with Gasteiger partial charge in [-0.2, -0.15) is 0 Å². The zero-order valence-electron chi connectivity index (χ0n) is 13.0. The highest BCUT2D eigenvalue weighted by Crippen LogP contribution is 2.23. The Bertz CT molecular complexity index is 558. The maximum Gasteiger partial charge on any atom is 0.244 e. The van der Waals surface area contributed by atoms with Gasteiger partial charge in [0, 0.05) is 22.7 Å². The maximum absolute atomic E-state index is 11.9. The van der Waals surface area contributed by atoms with Crippen molar-refractivity contribution in [3.63, 3.8) is 0 Å². The van der Waals surface area contributed by atoms with E-state index in [0.29, 0.717) is 12.3 Å². The van der Waals surface area contributed by atoms with E-state index in [1.807, 2.05) is 25.1 Å². The third-order valence-electron chi connectivity index (χ3n) is 2.91. The Labute approximate surface area is 139 Å². The predicted octanol–water partition coefficient (Wildman–Crippen LogP) is 2.50. The third-order valence-corrected chi connectivity index (χ3v) is 3.40. The molecule has 22 heavy (non-hydrogen) atoms. The standard InChI is InChI=1S/C16H21BrN2O3/c1-4-9-18-16(21)11(2)19-15(20)8-5-12-10-13(17)6-7-14(12)22-3/h5-8,10-11H,4,9H2,1-3H3,(H,18,21)(H,19,20)/b8-5+/t11-/m1/s1. The number of hydrogen-bond acceptors (Lipinski definition) is 3. The van der Waals surface area contributed by atoms with E-state index < -0.39 is 6.04 Å². The van der Waals surface area contributed by atoms with Crippen LogP contribution in [0, 0.1) is 0 Å². The highest BCUT2D eigenvalue weighted by Gasteiger charge is 2.13. The minimum atomic E-state index is -0.576. The molecule has 0 saturated carbocycles. The van der Waals surface area contributed by atoms with Gasteiger partial charge in [0.1, 0.15) is 11.8 Å². The van der Waals surface area contributed by atoms with E-state index in [1.54, 1.807) is 20.1 Å². The van der Waals surface area contributed by atoms with Crippen LogP contribution in [-0.2, 0) is 9.59 Å². The van der Waals surface area contributed by atoms with Crippen molar-refractivity contribution in [2.75, 3.05) is 13.7 Å². The van der Waals surface area contributed by atoms with Crippen molar-refractivity contribution in [1.29, 1.82) is 0 Å². The Morgan fingerprint density at radius 2 is 2.14 bits per heavy atom. The van der Waals surface area contributed by atoms with Gasteiger partial charge in [0.2, 0.25) is 11.8 Å². The molecule has 0 aliphatic heterocycles. The summed E-state index contributed by atoms with van der Waals surface area (Å²) in [5, 5.41) is 5.35. The van der Waals surface area contributed by atoms with Crippen molar-refractivity contribution in [2.24, 2.45) is 0 Å². The SMILES string of the molecule is CCCNC(=O)[C@@H](C)NC(=O)/C=C/c1cc(Br)ccc1OC. The van der Waals surface area contributed by atoms with E-state index >= 15 is 0 Å². The van der Waals surface area contributed by atoms with Crippen LogP contribution in [0.4, 0.5) is 0 Å². The molecule has 1 atom stereocenters. The van der Waals surface area contributed by atoms with E-state index in [9.17, 15) is 9.59 Å². The topological polar surface area (TPSA) is 67.4 Å². The molecule has 0 aliphatic rings. The lowest BCUT2D eigenvalue weighted by molar-refractivity contribution is -0.126. The summed E-state index contributed by atoms with van der Waals surface area (Å²) in [4.78, 5) is 23.5. The zero-order chi connectivity index (χ0) is 16.5. The van der Waals surface area contributed by atoms with Crippen LogP contribution in [0.25, 0.3) is 6.08 Å². The Morgan fingerprint density at radius 1 is 1.41 bits per heavy atom. The summed E-state index contributed by atoms with van der Waals surface area (Å²) in [7, 11) is 1.57. The van der Waals surface area contributed by atoms with Crippen LogP contribution in [-0.4, -0.2) is 31.5 Å². The van der Waals surface area contributed by atoms with Crippen molar-refractivity contribution in [3.8, 4) is 5.75 Å². The fourth-order valence-corrected chi connectivity index (χ4v) is 2.11. The Balaban J connectivity index is 2.64. The molecule has 120 valence electrons. The first kappa shape index (κ1) is 18.2. The lowest BCUT2D eigenvalue weighted by Gasteiger charge is -2.12. The molecule has 1 aromatic carbocycles. The number of benzene rings is 1. The van der Waals surface area contributed by atoms with Crippen molar-refractivity contribution < 1.29 is 14.3 Å². The first-order valence-electron chi connectivity index (χ1n) is 7.07. The van der Waals surface area contributed by atoms with Gasteiger partial charge < -0.3 is 15.4 Å². The normalized spacial score (nSPS) is 12.0. The van der Waals surface area contributed by atoms with Crippen LogP contribution in [0.3, 0.4) is 0 Å². The van der Waals surface area contributed by atoms with E-state index in [4.69, 9.17) is 4.74 Å². The van der Waals surface area contributed by atoms with Crippen LogP contribution in [0.1, 0.15) is 25.8 Å². The highest BCUT2D eigenvalue weighted by atomic mass is 79.9. The minimum absolute atomic E-state index is 0.191. The van der Waals surface area contributed by atoms with Gasteiger partial charge >= 0.3 is 0 Å². The molecule has 0 bridgehead atoms. The molecule has 0 spiro atoms. The molecule has 5 nitrogen and oxygen atoms in total. The largest absolute Gasteiger partial charge is 0.496 e. The first-order chi connectivity index (χ1) is 10.5. The summed E-state index contributed by atoms with van der Waals surface area (Å²) in [6.45, 7) is 4.22. The molecule has 0 aliphatic carbocycles. The average Bonchev–Trinajstić information content (AvgIpc) is 2.50. The molecule has 0 aromatic heterocycles. The molecular weight excluding hydrogens is 348 g/mol. The fraction of sp³-hybridized carbons (Fsp3) is 0.375. The van der Waals surface area contributed by atoms with Gasteiger partial charge in [-0.25, -0.2) is 0 Å². The Kier molecular flexibility index (Phi) is 7.66. The van der Waals surface area contributed by atoms with E-state index in [1.165, 1.54) is 6.08 Å². The van der Waals surface area contributed by atoms with Gasteiger partial charge in [0.15, 0.2) is 0 Å². The summed E-state index contributed by atoms with van der Waals surface area (Å²) in [5.74, 6) is 0.144. The second-order valence-corrected chi connectivity index (χ2v) is 5.66. The number of carbonyl (C=O) groups is 2. The van der Waals surface area contributed by atoms with Crippen LogP contribution >= 0.6 is 15.9 Å². The molecule has 2 N–H and O–H groups in total. The fourth-order valence-electron chi connectivity index (χ4n) is 1.73. The summed E-state index contributed by atoms with van der Waals surface area (Å²) >= 11 is 3.37. The highest BCUT2D eigenvalue weighted by molar-refractivity contribution is 9.10. The Morgan fingerprint density at radius 3 is 2.77 bits per heavy atom. The van der Waals surface area contributed by atoms with Crippen LogP contribution < -0.4 is 15.4 Å².